The van der Waals surface area contributed by atoms with Crippen LogP contribution in [0, 0.1) is 12.3 Å². The van der Waals surface area contributed by atoms with Crippen LogP contribution in [0.3, 0.4) is 0 Å². The molecule has 1 aliphatic rings. The number of carbonyl (C=O) groups excluding carboxylic acids is 1. The standard InChI is InChI=1S/C15H22N2O/c1-12-6-4-7-13(10-12)17(3)14(18)15(2)8-5-9-16-11-15/h4,6-7,10,16H,5,8-9,11H2,1-3H3. The van der Waals surface area contributed by atoms with Gasteiger partial charge in [0.2, 0.25) is 5.91 Å². The normalized spacial score (nSPS) is 23.7. The molecular formula is C15H22N2O. The Hall–Kier alpha value is -1.35. The predicted octanol–water partition coefficient (Wildman–Crippen LogP) is 2.35. The van der Waals surface area contributed by atoms with Gasteiger partial charge in [0.05, 0.1) is 5.41 Å². The summed E-state index contributed by atoms with van der Waals surface area (Å²) in [5, 5.41) is 3.33. The molecule has 0 radical (unpaired) electrons. The van der Waals surface area contributed by atoms with Gasteiger partial charge in [-0.25, -0.2) is 0 Å². The molecule has 1 atom stereocenters. The van der Waals surface area contributed by atoms with E-state index in [1.54, 1.807) is 4.90 Å². The van der Waals surface area contributed by atoms with E-state index < -0.39 is 0 Å². The smallest absolute Gasteiger partial charge is 0.233 e. The van der Waals surface area contributed by atoms with Gasteiger partial charge in [0.1, 0.15) is 0 Å². The van der Waals surface area contributed by atoms with Crippen molar-refractivity contribution in [3.63, 3.8) is 0 Å². The Labute approximate surface area is 109 Å². The van der Waals surface area contributed by atoms with Crippen LogP contribution in [-0.2, 0) is 4.79 Å². The van der Waals surface area contributed by atoms with Gasteiger partial charge < -0.3 is 10.2 Å². The lowest BCUT2D eigenvalue weighted by molar-refractivity contribution is -0.128. The molecule has 1 N–H and O–H groups in total. The van der Waals surface area contributed by atoms with Crippen molar-refractivity contribution >= 4 is 11.6 Å². The van der Waals surface area contributed by atoms with Crippen molar-refractivity contribution in [3.8, 4) is 0 Å². The van der Waals surface area contributed by atoms with Crippen molar-refractivity contribution in [3.05, 3.63) is 29.8 Å². The molecule has 1 aromatic rings. The molecule has 1 heterocycles. The second-order valence-electron chi connectivity index (χ2n) is 5.54. The van der Waals surface area contributed by atoms with Crippen molar-refractivity contribution in [1.29, 1.82) is 0 Å². The second kappa shape index (κ2) is 5.11. The fourth-order valence-electron chi connectivity index (χ4n) is 2.60. The van der Waals surface area contributed by atoms with Gasteiger partial charge in [0.15, 0.2) is 0 Å². The molecule has 98 valence electrons. The fraction of sp³-hybridized carbons (Fsp3) is 0.533. The number of rotatable bonds is 2. The topological polar surface area (TPSA) is 32.3 Å². The summed E-state index contributed by atoms with van der Waals surface area (Å²) in [4.78, 5) is 14.4. The maximum Gasteiger partial charge on any atom is 0.233 e. The van der Waals surface area contributed by atoms with Crippen molar-refractivity contribution in [2.45, 2.75) is 26.7 Å². The summed E-state index contributed by atoms with van der Waals surface area (Å²) < 4.78 is 0. The van der Waals surface area contributed by atoms with Crippen LogP contribution in [0.2, 0.25) is 0 Å². The lowest BCUT2D eigenvalue weighted by Gasteiger charge is -2.36. The molecule has 3 heteroatoms. The molecule has 1 unspecified atom stereocenters. The minimum atomic E-state index is -0.267. The van der Waals surface area contributed by atoms with Gasteiger partial charge in [0, 0.05) is 19.3 Å². The molecule has 0 aromatic heterocycles. The van der Waals surface area contributed by atoms with E-state index in [1.807, 2.05) is 32.2 Å². The van der Waals surface area contributed by atoms with Crippen molar-refractivity contribution < 1.29 is 4.79 Å². The van der Waals surface area contributed by atoms with Crippen LogP contribution >= 0.6 is 0 Å². The van der Waals surface area contributed by atoms with E-state index in [1.165, 1.54) is 5.56 Å². The van der Waals surface area contributed by atoms with E-state index in [9.17, 15) is 4.79 Å². The number of hydrogen-bond donors (Lipinski definition) is 1. The number of nitrogens with one attached hydrogen (secondary N) is 1. The first-order valence-corrected chi connectivity index (χ1v) is 6.58. The highest BCUT2D eigenvalue weighted by Crippen LogP contribution is 2.29. The molecule has 1 amide bonds. The van der Waals surface area contributed by atoms with Crippen LogP contribution in [0.15, 0.2) is 24.3 Å². The van der Waals surface area contributed by atoms with E-state index in [0.29, 0.717) is 0 Å². The summed E-state index contributed by atoms with van der Waals surface area (Å²) in [5.74, 6) is 0.209. The molecule has 1 fully saturated rings. The Kier molecular flexibility index (Phi) is 3.71. The number of carbonyl (C=O) groups is 1. The van der Waals surface area contributed by atoms with Crippen molar-refractivity contribution in [2.24, 2.45) is 5.41 Å². The van der Waals surface area contributed by atoms with Crippen LogP contribution in [0.1, 0.15) is 25.3 Å². The molecule has 1 saturated heterocycles. The molecule has 1 aromatic carbocycles. The Morgan fingerprint density at radius 1 is 1.44 bits per heavy atom. The van der Waals surface area contributed by atoms with Crippen molar-refractivity contribution in [2.75, 3.05) is 25.0 Å². The number of anilines is 1. The lowest BCUT2D eigenvalue weighted by atomic mass is 9.81. The maximum absolute atomic E-state index is 12.6. The SMILES string of the molecule is Cc1cccc(N(C)C(=O)C2(C)CCCNC2)c1. The van der Waals surface area contributed by atoms with E-state index in [0.717, 1.165) is 31.6 Å². The van der Waals surface area contributed by atoms with Gasteiger partial charge >= 0.3 is 0 Å². The largest absolute Gasteiger partial charge is 0.316 e. The van der Waals surface area contributed by atoms with E-state index in [-0.39, 0.29) is 11.3 Å². The van der Waals surface area contributed by atoms with Gasteiger partial charge in [0.25, 0.3) is 0 Å². The van der Waals surface area contributed by atoms with E-state index >= 15 is 0 Å². The first kappa shape index (κ1) is 13.1. The molecule has 2 rings (SSSR count). The van der Waals surface area contributed by atoms with Crippen LogP contribution in [0.5, 0.6) is 0 Å². The molecule has 18 heavy (non-hydrogen) atoms. The van der Waals surface area contributed by atoms with Crippen LogP contribution in [0.4, 0.5) is 5.69 Å². The van der Waals surface area contributed by atoms with E-state index in [4.69, 9.17) is 0 Å². The Morgan fingerprint density at radius 2 is 2.22 bits per heavy atom. The molecular weight excluding hydrogens is 224 g/mol. The highest BCUT2D eigenvalue weighted by Gasteiger charge is 2.36. The zero-order chi connectivity index (χ0) is 13.2. The molecule has 0 bridgehead atoms. The molecule has 1 aliphatic heterocycles. The second-order valence-corrected chi connectivity index (χ2v) is 5.54. The summed E-state index contributed by atoms with van der Waals surface area (Å²) in [6.45, 7) is 5.92. The highest BCUT2D eigenvalue weighted by molar-refractivity contribution is 5.97. The van der Waals surface area contributed by atoms with Crippen LogP contribution in [0.25, 0.3) is 0 Å². The number of aryl methyl sites for hydroxylation is 1. The summed E-state index contributed by atoms with van der Waals surface area (Å²) in [7, 11) is 1.87. The summed E-state index contributed by atoms with van der Waals surface area (Å²) in [5.41, 5.74) is 1.89. The maximum atomic E-state index is 12.6. The highest BCUT2D eigenvalue weighted by atomic mass is 16.2. The fourth-order valence-corrected chi connectivity index (χ4v) is 2.60. The lowest BCUT2D eigenvalue weighted by Crippen LogP contribution is -2.49. The van der Waals surface area contributed by atoms with Gasteiger partial charge in [-0.15, -0.1) is 0 Å². The van der Waals surface area contributed by atoms with Gasteiger partial charge in [-0.2, -0.15) is 0 Å². The van der Waals surface area contributed by atoms with Gasteiger partial charge in [-0.1, -0.05) is 12.1 Å². The molecule has 0 spiro atoms. The molecule has 3 nitrogen and oxygen atoms in total. The quantitative estimate of drug-likeness (QED) is 0.868. The van der Waals surface area contributed by atoms with E-state index in [2.05, 4.69) is 18.3 Å². The average Bonchev–Trinajstić information content (AvgIpc) is 2.38. The summed E-state index contributed by atoms with van der Waals surface area (Å²) >= 11 is 0. The average molecular weight is 246 g/mol. The van der Waals surface area contributed by atoms with Crippen LogP contribution in [-0.4, -0.2) is 26.0 Å². The Morgan fingerprint density at radius 3 is 2.83 bits per heavy atom. The monoisotopic (exact) mass is 246 g/mol. The molecule has 0 aliphatic carbocycles. The third kappa shape index (κ3) is 2.56. The Bertz CT molecular complexity index is 436. The third-order valence-corrected chi connectivity index (χ3v) is 3.81. The zero-order valence-electron chi connectivity index (χ0n) is 11.5. The summed E-state index contributed by atoms with van der Waals surface area (Å²) in [6, 6.07) is 8.09. The number of benzene rings is 1. The number of hydrogen-bond acceptors (Lipinski definition) is 2. The number of piperidine rings is 1. The first-order valence-electron chi connectivity index (χ1n) is 6.58. The van der Waals surface area contributed by atoms with Gasteiger partial charge in [-0.3, -0.25) is 4.79 Å². The summed E-state index contributed by atoms with van der Waals surface area (Å²) in [6.07, 6.45) is 2.04. The third-order valence-electron chi connectivity index (χ3n) is 3.81. The zero-order valence-corrected chi connectivity index (χ0v) is 11.5. The van der Waals surface area contributed by atoms with Crippen molar-refractivity contribution in [1.82, 2.24) is 5.32 Å². The number of nitrogens with zero attached hydrogens (tertiary/aromatic N) is 1. The minimum absolute atomic E-state index is 0.209. The predicted molar refractivity (Wildman–Crippen MR) is 74.8 cm³/mol. The van der Waals surface area contributed by atoms with Crippen LogP contribution < -0.4 is 10.2 Å². The van der Waals surface area contributed by atoms with Gasteiger partial charge in [-0.05, 0) is 50.9 Å². The Balaban J connectivity index is 2.17. The molecule has 0 saturated carbocycles. The number of amides is 1. The minimum Gasteiger partial charge on any atom is -0.316 e. The first-order chi connectivity index (χ1) is 8.53.